The molecule has 0 fully saturated rings. The molecule has 0 saturated heterocycles. The normalized spacial score (nSPS) is 12.3. The third-order valence-corrected chi connectivity index (χ3v) is 3.35. The summed E-state index contributed by atoms with van der Waals surface area (Å²) in [5.41, 5.74) is 3.56. The number of hydrogen-bond acceptors (Lipinski definition) is 2. The molecule has 1 unspecified atom stereocenters. The summed E-state index contributed by atoms with van der Waals surface area (Å²) in [7, 11) is 1.79. The lowest BCUT2D eigenvalue weighted by molar-refractivity contribution is -0.136. The van der Waals surface area contributed by atoms with E-state index in [2.05, 4.69) is 25.1 Å². The van der Waals surface area contributed by atoms with Crippen molar-refractivity contribution in [2.75, 3.05) is 13.7 Å². The van der Waals surface area contributed by atoms with Gasteiger partial charge in [-0.05, 0) is 31.4 Å². The van der Waals surface area contributed by atoms with E-state index in [9.17, 15) is 4.79 Å². The average molecular weight is 249 g/mol. The molecule has 0 radical (unpaired) electrons. The largest absolute Gasteiger partial charge is 0.396 e. The molecule has 3 heteroatoms. The lowest BCUT2D eigenvalue weighted by Crippen LogP contribution is -2.34. The molecular formula is C15H23NO2. The molecule has 100 valence electrons. The summed E-state index contributed by atoms with van der Waals surface area (Å²) in [6, 6.07) is 6.26. The third kappa shape index (κ3) is 3.57. The van der Waals surface area contributed by atoms with Gasteiger partial charge < -0.3 is 10.0 Å². The van der Waals surface area contributed by atoms with Gasteiger partial charge in [0.05, 0.1) is 12.5 Å². The number of aliphatic hydroxyl groups excluding tert-OH is 1. The van der Waals surface area contributed by atoms with Gasteiger partial charge in [0.25, 0.3) is 0 Å². The monoisotopic (exact) mass is 249 g/mol. The van der Waals surface area contributed by atoms with Crippen LogP contribution >= 0.6 is 0 Å². The van der Waals surface area contributed by atoms with Gasteiger partial charge in [-0.1, -0.05) is 30.7 Å². The Hall–Kier alpha value is -1.35. The Balaban J connectivity index is 2.77. The van der Waals surface area contributed by atoms with E-state index in [1.807, 2.05) is 13.8 Å². The Morgan fingerprint density at radius 3 is 2.61 bits per heavy atom. The first-order valence-electron chi connectivity index (χ1n) is 6.41. The van der Waals surface area contributed by atoms with Crippen LogP contribution in [0.3, 0.4) is 0 Å². The average Bonchev–Trinajstić information content (AvgIpc) is 2.35. The number of carbonyl (C=O) groups is 1. The summed E-state index contributed by atoms with van der Waals surface area (Å²) in [6.45, 7) is 6.55. The fourth-order valence-corrected chi connectivity index (χ4v) is 2.00. The molecule has 18 heavy (non-hydrogen) atoms. The second-order valence-electron chi connectivity index (χ2n) is 4.91. The van der Waals surface area contributed by atoms with E-state index in [0.717, 1.165) is 0 Å². The number of rotatable bonds is 5. The smallest absolute Gasteiger partial charge is 0.228 e. The van der Waals surface area contributed by atoms with Crippen molar-refractivity contribution in [1.29, 1.82) is 0 Å². The summed E-state index contributed by atoms with van der Waals surface area (Å²) in [5.74, 6) is -0.263. The molecule has 1 aromatic carbocycles. The quantitative estimate of drug-likeness (QED) is 0.869. The SMILES string of the molecule is CCC(CO)C(=O)N(C)Cc1cc(C)ccc1C. The number of amides is 1. The minimum atomic E-state index is -0.278. The molecular weight excluding hydrogens is 226 g/mol. The van der Waals surface area contributed by atoms with Gasteiger partial charge in [-0.15, -0.1) is 0 Å². The van der Waals surface area contributed by atoms with Gasteiger partial charge in [0.15, 0.2) is 0 Å². The molecule has 0 saturated carbocycles. The number of aliphatic hydroxyl groups is 1. The molecule has 1 aromatic rings. The highest BCUT2D eigenvalue weighted by atomic mass is 16.3. The molecule has 1 atom stereocenters. The maximum absolute atomic E-state index is 12.1. The molecule has 0 aliphatic carbocycles. The lowest BCUT2D eigenvalue weighted by Gasteiger charge is -2.23. The number of nitrogens with zero attached hydrogens (tertiary/aromatic N) is 1. The highest BCUT2D eigenvalue weighted by Gasteiger charge is 2.19. The molecule has 0 aromatic heterocycles. The molecule has 0 spiro atoms. The maximum Gasteiger partial charge on any atom is 0.228 e. The van der Waals surface area contributed by atoms with Crippen molar-refractivity contribution < 1.29 is 9.90 Å². The van der Waals surface area contributed by atoms with Crippen LogP contribution in [0, 0.1) is 19.8 Å². The van der Waals surface area contributed by atoms with Gasteiger partial charge in [0.2, 0.25) is 5.91 Å². The third-order valence-electron chi connectivity index (χ3n) is 3.35. The fraction of sp³-hybridized carbons (Fsp3) is 0.533. The highest BCUT2D eigenvalue weighted by molar-refractivity contribution is 5.78. The van der Waals surface area contributed by atoms with Gasteiger partial charge in [-0.25, -0.2) is 0 Å². The first-order chi connectivity index (χ1) is 8.49. The molecule has 0 bridgehead atoms. The van der Waals surface area contributed by atoms with Crippen LogP contribution in [0.15, 0.2) is 18.2 Å². The molecule has 0 aliphatic rings. The first kappa shape index (κ1) is 14.7. The van der Waals surface area contributed by atoms with E-state index in [0.29, 0.717) is 13.0 Å². The molecule has 1 N–H and O–H groups in total. The summed E-state index contributed by atoms with van der Waals surface area (Å²) in [5, 5.41) is 9.16. The minimum Gasteiger partial charge on any atom is -0.396 e. The zero-order valence-electron chi connectivity index (χ0n) is 11.7. The van der Waals surface area contributed by atoms with Crippen LogP contribution in [0.2, 0.25) is 0 Å². The number of hydrogen-bond donors (Lipinski definition) is 1. The van der Waals surface area contributed by atoms with Crippen molar-refractivity contribution in [3.05, 3.63) is 34.9 Å². The predicted molar refractivity (Wildman–Crippen MR) is 73.3 cm³/mol. The minimum absolute atomic E-state index is 0.0147. The van der Waals surface area contributed by atoms with Crippen LogP contribution in [0.4, 0.5) is 0 Å². The fourth-order valence-electron chi connectivity index (χ4n) is 2.00. The Morgan fingerprint density at radius 2 is 2.06 bits per heavy atom. The van der Waals surface area contributed by atoms with Crippen LogP contribution in [0.25, 0.3) is 0 Å². The number of aryl methyl sites for hydroxylation is 2. The standard InChI is InChI=1S/C15H23NO2/c1-5-13(10-17)15(18)16(4)9-14-8-11(2)6-7-12(14)3/h6-8,13,17H,5,9-10H2,1-4H3. The zero-order valence-corrected chi connectivity index (χ0v) is 11.7. The molecule has 3 nitrogen and oxygen atoms in total. The Bertz CT molecular complexity index is 411. The van der Waals surface area contributed by atoms with Crippen molar-refractivity contribution >= 4 is 5.91 Å². The van der Waals surface area contributed by atoms with E-state index >= 15 is 0 Å². The maximum atomic E-state index is 12.1. The van der Waals surface area contributed by atoms with Crippen molar-refractivity contribution in [3.63, 3.8) is 0 Å². The van der Waals surface area contributed by atoms with Gasteiger partial charge in [0, 0.05) is 13.6 Å². The second-order valence-corrected chi connectivity index (χ2v) is 4.91. The van der Waals surface area contributed by atoms with Crippen molar-refractivity contribution in [3.8, 4) is 0 Å². The van der Waals surface area contributed by atoms with Crippen LogP contribution in [0.5, 0.6) is 0 Å². The van der Waals surface area contributed by atoms with Crippen LogP contribution in [-0.4, -0.2) is 29.6 Å². The summed E-state index contributed by atoms with van der Waals surface area (Å²) in [4.78, 5) is 13.8. The summed E-state index contributed by atoms with van der Waals surface area (Å²) >= 11 is 0. The van der Waals surface area contributed by atoms with Crippen LogP contribution in [0.1, 0.15) is 30.0 Å². The van der Waals surface area contributed by atoms with Gasteiger partial charge in [-0.3, -0.25) is 4.79 Å². The van der Waals surface area contributed by atoms with Gasteiger partial charge >= 0.3 is 0 Å². The number of carbonyl (C=O) groups excluding carboxylic acids is 1. The topological polar surface area (TPSA) is 40.5 Å². The van der Waals surface area contributed by atoms with E-state index in [-0.39, 0.29) is 18.4 Å². The Labute approximate surface area is 109 Å². The number of benzene rings is 1. The van der Waals surface area contributed by atoms with E-state index in [1.54, 1.807) is 11.9 Å². The molecule has 0 aliphatic heterocycles. The Kier molecular flexibility index (Phi) is 5.35. The zero-order chi connectivity index (χ0) is 13.7. The second kappa shape index (κ2) is 6.55. The van der Waals surface area contributed by atoms with E-state index in [4.69, 9.17) is 5.11 Å². The molecule has 0 heterocycles. The van der Waals surface area contributed by atoms with E-state index < -0.39 is 0 Å². The predicted octanol–water partition coefficient (Wildman–Crippen LogP) is 2.28. The highest BCUT2D eigenvalue weighted by Crippen LogP contribution is 2.14. The van der Waals surface area contributed by atoms with Gasteiger partial charge in [0.1, 0.15) is 0 Å². The summed E-state index contributed by atoms with van der Waals surface area (Å²) in [6.07, 6.45) is 0.673. The molecule has 1 rings (SSSR count). The summed E-state index contributed by atoms with van der Waals surface area (Å²) < 4.78 is 0. The first-order valence-corrected chi connectivity index (χ1v) is 6.41. The van der Waals surface area contributed by atoms with Crippen molar-refractivity contribution in [2.45, 2.75) is 33.7 Å². The van der Waals surface area contributed by atoms with Crippen molar-refractivity contribution in [2.24, 2.45) is 5.92 Å². The van der Waals surface area contributed by atoms with E-state index in [1.165, 1.54) is 16.7 Å². The van der Waals surface area contributed by atoms with Gasteiger partial charge in [-0.2, -0.15) is 0 Å². The molecule has 1 amide bonds. The van der Waals surface area contributed by atoms with Crippen molar-refractivity contribution in [1.82, 2.24) is 4.90 Å². The Morgan fingerprint density at radius 1 is 1.39 bits per heavy atom. The lowest BCUT2D eigenvalue weighted by atomic mass is 10.0. The van der Waals surface area contributed by atoms with Crippen LogP contribution < -0.4 is 0 Å². The van der Waals surface area contributed by atoms with Crippen LogP contribution in [-0.2, 0) is 11.3 Å².